The van der Waals surface area contributed by atoms with Gasteiger partial charge >= 0.3 is 0 Å². The lowest BCUT2D eigenvalue weighted by Gasteiger charge is -2.35. The molecule has 1 atom stereocenters. The van der Waals surface area contributed by atoms with Gasteiger partial charge in [0.15, 0.2) is 5.82 Å². The van der Waals surface area contributed by atoms with E-state index in [0.29, 0.717) is 50.7 Å². The normalized spacial score (nSPS) is 17.2. The molecule has 0 spiro atoms. The van der Waals surface area contributed by atoms with Gasteiger partial charge in [-0.1, -0.05) is 35.5 Å². The molecule has 3 N–H and O–H groups in total. The van der Waals surface area contributed by atoms with E-state index >= 15 is 0 Å². The fourth-order valence-electron chi connectivity index (χ4n) is 2.99. The topological polar surface area (TPSA) is 103 Å². The summed E-state index contributed by atoms with van der Waals surface area (Å²) in [5.41, 5.74) is 6.41. The zero-order valence-corrected chi connectivity index (χ0v) is 15.6. The highest BCUT2D eigenvalue weighted by Gasteiger charge is 2.39. The number of hydrogen-bond donors (Lipinski definition) is 2. The van der Waals surface area contributed by atoms with Crippen LogP contribution in [-0.2, 0) is 16.0 Å². The Kier molecular flexibility index (Phi) is 7.14. The van der Waals surface area contributed by atoms with Crippen LogP contribution in [-0.4, -0.2) is 35.8 Å². The lowest BCUT2D eigenvalue weighted by atomic mass is 9.79. The summed E-state index contributed by atoms with van der Waals surface area (Å²) < 4.78 is 10.7. The van der Waals surface area contributed by atoms with Crippen LogP contribution >= 0.6 is 12.4 Å². The van der Waals surface area contributed by atoms with Crippen LogP contribution in [0.2, 0.25) is 0 Å². The summed E-state index contributed by atoms with van der Waals surface area (Å²) in [7, 11) is 0. The summed E-state index contributed by atoms with van der Waals surface area (Å²) in [5, 5.41) is 6.97. The van der Waals surface area contributed by atoms with Gasteiger partial charge in [-0.3, -0.25) is 4.79 Å². The molecule has 0 aliphatic carbocycles. The van der Waals surface area contributed by atoms with Crippen molar-refractivity contribution in [2.24, 2.45) is 11.1 Å². The van der Waals surface area contributed by atoms with E-state index in [1.165, 1.54) is 0 Å². The van der Waals surface area contributed by atoms with E-state index < -0.39 is 5.41 Å². The highest BCUT2D eigenvalue weighted by atomic mass is 35.5. The molecule has 26 heavy (non-hydrogen) atoms. The largest absolute Gasteiger partial charge is 0.381 e. The highest BCUT2D eigenvalue weighted by Crippen LogP contribution is 2.30. The van der Waals surface area contributed by atoms with Crippen molar-refractivity contribution in [3.8, 4) is 0 Å². The van der Waals surface area contributed by atoms with Gasteiger partial charge in [-0.2, -0.15) is 4.98 Å². The Morgan fingerprint density at radius 2 is 2.00 bits per heavy atom. The summed E-state index contributed by atoms with van der Waals surface area (Å²) in [4.78, 5) is 17.1. The standard InChI is InChI=1S/C18H24N4O3.ClH/c1-13(20-17(23)18(12-19)7-9-24-10-8-18)16-21-15(22-25-16)11-14-5-3-2-4-6-14;/h2-6,13H,7-12,19H2,1H3,(H,20,23);1H. The van der Waals surface area contributed by atoms with E-state index in [4.69, 9.17) is 15.0 Å². The number of rotatable bonds is 6. The first-order valence-electron chi connectivity index (χ1n) is 8.58. The number of benzene rings is 1. The Bertz CT molecular complexity index is 701. The second kappa shape index (κ2) is 9.12. The SMILES string of the molecule is CC(NC(=O)C1(CN)CCOCC1)c1nc(Cc2ccccc2)no1.Cl. The Labute approximate surface area is 159 Å². The van der Waals surface area contributed by atoms with Crippen molar-refractivity contribution in [1.29, 1.82) is 0 Å². The smallest absolute Gasteiger partial charge is 0.248 e. The van der Waals surface area contributed by atoms with Crippen molar-refractivity contribution in [3.63, 3.8) is 0 Å². The minimum absolute atomic E-state index is 0. The Hall–Kier alpha value is -1.96. The molecular formula is C18H25ClN4O3. The van der Waals surface area contributed by atoms with E-state index in [1.807, 2.05) is 37.3 Å². The fourth-order valence-corrected chi connectivity index (χ4v) is 2.99. The zero-order chi connectivity index (χ0) is 17.7. The van der Waals surface area contributed by atoms with Crippen LogP contribution in [0.4, 0.5) is 0 Å². The number of halogens is 1. The molecule has 0 bridgehead atoms. The summed E-state index contributed by atoms with van der Waals surface area (Å²) in [6.45, 7) is 3.25. The molecule has 1 aliphatic heterocycles. The maximum absolute atomic E-state index is 12.7. The van der Waals surface area contributed by atoms with Crippen molar-refractivity contribution in [3.05, 3.63) is 47.6 Å². The predicted molar refractivity (Wildman–Crippen MR) is 98.9 cm³/mol. The Balaban J connectivity index is 0.00000243. The third-order valence-electron chi connectivity index (χ3n) is 4.73. The molecule has 1 aromatic carbocycles. The van der Waals surface area contributed by atoms with Crippen LogP contribution in [0, 0.1) is 5.41 Å². The van der Waals surface area contributed by atoms with Crippen LogP contribution in [0.25, 0.3) is 0 Å². The van der Waals surface area contributed by atoms with E-state index in [9.17, 15) is 4.79 Å². The number of carbonyl (C=O) groups is 1. The molecular weight excluding hydrogens is 356 g/mol. The first-order valence-corrected chi connectivity index (χ1v) is 8.58. The monoisotopic (exact) mass is 380 g/mol. The van der Waals surface area contributed by atoms with Crippen LogP contribution in [0.1, 0.15) is 43.1 Å². The molecule has 1 aliphatic rings. The third-order valence-corrected chi connectivity index (χ3v) is 4.73. The third kappa shape index (κ3) is 4.60. The van der Waals surface area contributed by atoms with Gasteiger partial charge in [-0.15, -0.1) is 12.4 Å². The molecule has 0 radical (unpaired) electrons. The number of nitrogens with two attached hydrogens (primary N) is 1. The molecule has 142 valence electrons. The maximum atomic E-state index is 12.7. The number of aromatic nitrogens is 2. The second-order valence-corrected chi connectivity index (χ2v) is 6.50. The summed E-state index contributed by atoms with van der Waals surface area (Å²) in [5.74, 6) is 0.925. The molecule has 7 nitrogen and oxygen atoms in total. The molecule has 1 saturated heterocycles. The fraction of sp³-hybridized carbons (Fsp3) is 0.500. The Morgan fingerprint density at radius 1 is 1.31 bits per heavy atom. The number of hydrogen-bond acceptors (Lipinski definition) is 6. The van der Waals surface area contributed by atoms with E-state index in [1.54, 1.807) is 0 Å². The van der Waals surface area contributed by atoms with Crippen molar-refractivity contribution < 1.29 is 14.1 Å². The number of nitrogens with one attached hydrogen (secondary N) is 1. The van der Waals surface area contributed by atoms with Crippen LogP contribution in [0.5, 0.6) is 0 Å². The van der Waals surface area contributed by atoms with Gasteiger partial charge < -0.3 is 20.3 Å². The summed E-state index contributed by atoms with van der Waals surface area (Å²) in [6, 6.07) is 9.57. The number of carbonyl (C=O) groups excluding carboxylic acids is 1. The minimum Gasteiger partial charge on any atom is -0.381 e. The average Bonchev–Trinajstić information content (AvgIpc) is 3.11. The van der Waals surface area contributed by atoms with E-state index in [-0.39, 0.29) is 24.4 Å². The Morgan fingerprint density at radius 3 is 2.65 bits per heavy atom. The molecule has 2 aromatic rings. The maximum Gasteiger partial charge on any atom is 0.248 e. The molecule has 2 heterocycles. The number of ether oxygens (including phenoxy) is 1. The lowest BCUT2D eigenvalue weighted by Crippen LogP contribution is -2.49. The molecule has 0 saturated carbocycles. The van der Waals surface area contributed by atoms with Gasteiger partial charge in [0.25, 0.3) is 0 Å². The van der Waals surface area contributed by atoms with Crippen LogP contribution < -0.4 is 11.1 Å². The highest BCUT2D eigenvalue weighted by molar-refractivity contribution is 5.85. The molecule has 3 rings (SSSR count). The van der Waals surface area contributed by atoms with Crippen molar-refractivity contribution in [2.45, 2.75) is 32.2 Å². The van der Waals surface area contributed by atoms with Gasteiger partial charge in [0.2, 0.25) is 11.8 Å². The summed E-state index contributed by atoms with van der Waals surface area (Å²) in [6.07, 6.45) is 1.85. The van der Waals surface area contributed by atoms with Gasteiger partial charge in [0.05, 0.1) is 5.41 Å². The number of nitrogens with zero attached hydrogens (tertiary/aromatic N) is 2. The molecule has 8 heteroatoms. The average molecular weight is 381 g/mol. The van der Waals surface area contributed by atoms with E-state index in [0.717, 1.165) is 5.56 Å². The second-order valence-electron chi connectivity index (χ2n) is 6.50. The van der Waals surface area contributed by atoms with Gasteiger partial charge in [0.1, 0.15) is 6.04 Å². The van der Waals surface area contributed by atoms with Crippen molar-refractivity contribution in [2.75, 3.05) is 19.8 Å². The molecule has 1 unspecified atom stereocenters. The molecule has 1 aromatic heterocycles. The molecule has 1 amide bonds. The first kappa shape index (κ1) is 20.4. The van der Waals surface area contributed by atoms with Crippen LogP contribution in [0.3, 0.4) is 0 Å². The predicted octanol–water partition coefficient (Wildman–Crippen LogP) is 2.01. The molecule has 1 fully saturated rings. The van der Waals surface area contributed by atoms with Crippen molar-refractivity contribution in [1.82, 2.24) is 15.5 Å². The zero-order valence-electron chi connectivity index (χ0n) is 14.8. The number of amides is 1. The summed E-state index contributed by atoms with van der Waals surface area (Å²) >= 11 is 0. The van der Waals surface area contributed by atoms with Gasteiger partial charge in [0, 0.05) is 26.2 Å². The minimum atomic E-state index is -0.570. The quantitative estimate of drug-likeness (QED) is 0.794. The van der Waals surface area contributed by atoms with Gasteiger partial charge in [-0.25, -0.2) is 0 Å². The van der Waals surface area contributed by atoms with Crippen LogP contribution in [0.15, 0.2) is 34.9 Å². The van der Waals surface area contributed by atoms with E-state index in [2.05, 4.69) is 15.5 Å². The first-order chi connectivity index (χ1) is 12.1. The van der Waals surface area contributed by atoms with Crippen molar-refractivity contribution >= 4 is 18.3 Å². The van der Waals surface area contributed by atoms with Gasteiger partial charge in [-0.05, 0) is 25.3 Å². The lowest BCUT2D eigenvalue weighted by molar-refractivity contribution is -0.136.